The molecule has 1 aromatic rings. The average molecular weight is 276 g/mol. The second-order valence-electron chi connectivity index (χ2n) is 4.18. The standard InChI is InChI=1S/C15H16O5/c1-10(16)8-13(18)6-4-12-5-7-14(20-11(2)17)15(9-12)19-3/h4-7,9H,8H2,1-3H3/b6-4+. The van der Waals surface area contributed by atoms with Gasteiger partial charge in [-0.15, -0.1) is 0 Å². The minimum atomic E-state index is -0.441. The summed E-state index contributed by atoms with van der Waals surface area (Å²) < 4.78 is 10.1. The van der Waals surface area contributed by atoms with Crippen LogP contribution in [0.5, 0.6) is 11.5 Å². The zero-order valence-corrected chi connectivity index (χ0v) is 11.6. The van der Waals surface area contributed by atoms with Crippen LogP contribution in [-0.4, -0.2) is 24.6 Å². The Morgan fingerprint density at radius 1 is 1.15 bits per heavy atom. The molecule has 20 heavy (non-hydrogen) atoms. The Kier molecular flexibility index (Phi) is 5.65. The molecule has 0 aliphatic heterocycles. The van der Waals surface area contributed by atoms with Gasteiger partial charge in [0.05, 0.1) is 13.5 Å². The molecule has 0 bridgehead atoms. The number of rotatable bonds is 6. The van der Waals surface area contributed by atoms with Crippen molar-refractivity contribution >= 4 is 23.6 Å². The minimum Gasteiger partial charge on any atom is -0.493 e. The van der Waals surface area contributed by atoms with Gasteiger partial charge in [0.15, 0.2) is 17.3 Å². The molecule has 0 heterocycles. The second kappa shape index (κ2) is 7.23. The molecule has 0 saturated heterocycles. The van der Waals surface area contributed by atoms with Crippen LogP contribution < -0.4 is 9.47 Å². The highest BCUT2D eigenvalue weighted by Crippen LogP contribution is 2.28. The fraction of sp³-hybridized carbons (Fsp3) is 0.267. The zero-order valence-electron chi connectivity index (χ0n) is 11.6. The lowest BCUT2D eigenvalue weighted by atomic mass is 10.1. The van der Waals surface area contributed by atoms with Gasteiger partial charge in [-0.05, 0) is 30.7 Å². The first-order chi connectivity index (χ1) is 9.42. The van der Waals surface area contributed by atoms with Gasteiger partial charge in [0.25, 0.3) is 0 Å². The van der Waals surface area contributed by atoms with Gasteiger partial charge >= 0.3 is 5.97 Å². The van der Waals surface area contributed by atoms with E-state index in [2.05, 4.69) is 0 Å². The summed E-state index contributed by atoms with van der Waals surface area (Å²) in [5.74, 6) is -0.181. The number of ether oxygens (including phenoxy) is 2. The van der Waals surface area contributed by atoms with E-state index in [4.69, 9.17) is 9.47 Å². The van der Waals surface area contributed by atoms with Crippen LogP contribution in [0.15, 0.2) is 24.3 Å². The number of hydrogen-bond donors (Lipinski definition) is 0. The molecule has 0 atom stereocenters. The molecule has 0 spiro atoms. The monoisotopic (exact) mass is 276 g/mol. The first-order valence-electron chi connectivity index (χ1n) is 5.99. The third kappa shape index (κ3) is 5.06. The van der Waals surface area contributed by atoms with Crippen LogP contribution in [0.3, 0.4) is 0 Å². The highest BCUT2D eigenvalue weighted by Gasteiger charge is 2.07. The number of hydrogen-bond acceptors (Lipinski definition) is 5. The molecule has 1 rings (SSSR count). The molecular formula is C15H16O5. The highest BCUT2D eigenvalue weighted by molar-refractivity contribution is 6.05. The summed E-state index contributed by atoms with van der Waals surface area (Å²) in [5, 5.41) is 0. The average Bonchev–Trinajstić information content (AvgIpc) is 2.36. The third-order valence-electron chi connectivity index (χ3n) is 2.33. The summed E-state index contributed by atoms with van der Waals surface area (Å²) in [4.78, 5) is 33.1. The highest BCUT2D eigenvalue weighted by atomic mass is 16.6. The van der Waals surface area contributed by atoms with Crippen LogP contribution in [0, 0.1) is 0 Å². The Balaban J connectivity index is 2.87. The Bertz CT molecular complexity index is 557. The van der Waals surface area contributed by atoms with E-state index in [-0.39, 0.29) is 18.0 Å². The van der Waals surface area contributed by atoms with Gasteiger partial charge in [-0.3, -0.25) is 14.4 Å². The van der Waals surface area contributed by atoms with E-state index >= 15 is 0 Å². The molecule has 5 nitrogen and oxygen atoms in total. The van der Waals surface area contributed by atoms with Crippen molar-refractivity contribution in [1.82, 2.24) is 0 Å². The Morgan fingerprint density at radius 2 is 1.85 bits per heavy atom. The van der Waals surface area contributed by atoms with Crippen LogP contribution in [0.1, 0.15) is 25.8 Å². The van der Waals surface area contributed by atoms with E-state index < -0.39 is 5.97 Å². The molecular weight excluding hydrogens is 260 g/mol. The Hall–Kier alpha value is -2.43. The topological polar surface area (TPSA) is 69.7 Å². The molecule has 0 N–H and O–H groups in total. The largest absolute Gasteiger partial charge is 0.493 e. The number of carbonyl (C=O) groups is 3. The van der Waals surface area contributed by atoms with Crippen molar-refractivity contribution in [2.24, 2.45) is 0 Å². The lowest BCUT2D eigenvalue weighted by Gasteiger charge is -2.08. The van der Waals surface area contributed by atoms with Gasteiger partial charge in [0, 0.05) is 6.92 Å². The first kappa shape index (κ1) is 15.6. The van der Waals surface area contributed by atoms with Crippen LogP contribution in [-0.2, 0) is 14.4 Å². The molecule has 0 aliphatic rings. The summed E-state index contributed by atoms with van der Waals surface area (Å²) in [5.41, 5.74) is 0.703. The third-order valence-corrected chi connectivity index (χ3v) is 2.33. The van der Waals surface area contributed by atoms with E-state index in [1.807, 2.05) is 0 Å². The summed E-state index contributed by atoms with van der Waals surface area (Å²) in [6.45, 7) is 2.66. The van der Waals surface area contributed by atoms with E-state index in [1.165, 1.54) is 27.0 Å². The maximum Gasteiger partial charge on any atom is 0.308 e. The number of benzene rings is 1. The normalized spacial score (nSPS) is 10.3. The maximum atomic E-state index is 11.4. The molecule has 0 amide bonds. The number of ketones is 2. The van der Waals surface area contributed by atoms with Crippen LogP contribution in [0.4, 0.5) is 0 Å². The fourth-order valence-electron chi connectivity index (χ4n) is 1.52. The van der Waals surface area contributed by atoms with Crippen molar-refractivity contribution in [2.45, 2.75) is 20.3 Å². The quantitative estimate of drug-likeness (QED) is 0.345. The van der Waals surface area contributed by atoms with Crippen LogP contribution >= 0.6 is 0 Å². The molecule has 106 valence electrons. The SMILES string of the molecule is COc1cc(/C=C/C(=O)CC(C)=O)ccc1OC(C)=O. The lowest BCUT2D eigenvalue weighted by molar-refractivity contribution is -0.132. The van der Waals surface area contributed by atoms with E-state index in [1.54, 1.807) is 24.3 Å². The molecule has 0 aliphatic carbocycles. The van der Waals surface area contributed by atoms with Crippen molar-refractivity contribution in [1.29, 1.82) is 0 Å². The summed E-state index contributed by atoms with van der Waals surface area (Å²) in [6.07, 6.45) is 2.80. The molecule has 0 aromatic heterocycles. The van der Waals surface area contributed by atoms with E-state index in [0.717, 1.165) is 0 Å². The van der Waals surface area contributed by atoms with Gasteiger partial charge in [-0.25, -0.2) is 0 Å². The minimum absolute atomic E-state index is 0.112. The molecule has 0 fully saturated rings. The Morgan fingerprint density at radius 3 is 2.40 bits per heavy atom. The van der Waals surface area contributed by atoms with Crippen LogP contribution in [0.2, 0.25) is 0 Å². The Labute approximate surface area is 117 Å². The van der Waals surface area contributed by atoms with Crippen molar-refractivity contribution in [3.63, 3.8) is 0 Å². The van der Waals surface area contributed by atoms with Crippen molar-refractivity contribution < 1.29 is 23.9 Å². The van der Waals surface area contributed by atoms with Gasteiger partial charge in [0.2, 0.25) is 0 Å². The summed E-state index contributed by atoms with van der Waals surface area (Å²) in [6, 6.07) is 4.89. The second-order valence-corrected chi connectivity index (χ2v) is 4.18. The number of Topliss-reactive ketones (excluding diaryl/α,β-unsaturated/α-hetero) is 1. The molecule has 0 saturated carbocycles. The van der Waals surface area contributed by atoms with E-state index in [0.29, 0.717) is 17.1 Å². The number of allylic oxidation sites excluding steroid dienone is 1. The fourth-order valence-corrected chi connectivity index (χ4v) is 1.52. The smallest absolute Gasteiger partial charge is 0.308 e. The number of esters is 1. The van der Waals surface area contributed by atoms with Gasteiger partial charge < -0.3 is 9.47 Å². The first-order valence-corrected chi connectivity index (χ1v) is 5.99. The number of carbonyl (C=O) groups excluding carboxylic acids is 3. The number of methoxy groups -OCH3 is 1. The molecule has 1 aromatic carbocycles. The predicted octanol–water partition coefficient (Wildman–Crippen LogP) is 2.18. The van der Waals surface area contributed by atoms with Crippen molar-refractivity contribution in [3.05, 3.63) is 29.8 Å². The van der Waals surface area contributed by atoms with Crippen molar-refractivity contribution in [3.8, 4) is 11.5 Å². The maximum absolute atomic E-state index is 11.4. The van der Waals surface area contributed by atoms with Crippen LogP contribution in [0.25, 0.3) is 6.08 Å². The van der Waals surface area contributed by atoms with Crippen molar-refractivity contribution in [2.75, 3.05) is 7.11 Å². The van der Waals surface area contributed by atoms with Gasteiger partial charge in [-0.2, -0.15) is 0 Å². The lowest BCUT2D eigenvalue weighted by Crippen LogP contribution is -2.03. The molecule has 5 heteroatoms. The summed E-state index contributed by atoms with van der Waals surface area (Å²) in [7, 11) is 1.46. The van der Waals surface area contributed by atoms with E-state index in [9.17, 15) is 14.4 Å². The zero-order chi connectivity index (χ0) is 15.1. The van der Waals surface area contributed by atoms with Gasteiger partial charge in [-0.1, -0.05) is 12.1 Å². The summed E-state index contributed by atoms with van der Waals surface area (Å²) >= 11 is 0. The predicted molar refractivity (Wildman–Crippen MR) is 73.6 cm³/mol. The molecule has 0 radical (unpaired) electrons. The molecule has 0 unspecified atom stereocenters. The van der Waals surface area contributed by atoms with Gasteiger partial charge in [0.1, 0.15) is 5.78 Å².